The first-order valence-corrected chi connectivity index (χ1v) is 10.6. The molecule has 1 fully saturated rings. The number of rotatable bonds is 8. The van der Waals surface area contributed by atoms with Gasteiger partial charge in [-0.15, -0.1) is 24.0 Å². The Bertz CT molecular complexity index is 741. The Morgan fingerprint density at radius 1 is 1.07 bits per heavy atom. The summed E-state index contributed by atoms with van der Waals surface area (Å²) in [6, 6.07) is 22.0. The van der Waals surface area contributed by atoms with Crippen LogP contribution in [0.25, 0.3) is 0 Å². The maximum absolute atomic E-state index is 5.74. The zero-order valence-corrected chi connectivity index (χ0v) is 20.4. The second kappa shape index (κ2) is 13.6. The molecular formula is C24H35IN4O. The number of hydrogen-bond donors (Lipinski definition) is 2. The Morgan fingerprint density at radius 2 is 1.73 bits per heavy atom. The fourth-order valence-corrected chi connectivity index (χ4v) is 3.80. The predicted octanol–water partition coefficient (Wildman–Crippen LogP) is 4.04. The van der Waals surface area contributed by atoms with Crippen LogP contribution < -0.4 is 10.6 Å². The number of ether oxygens (including phenoxy) is 1. The number of nitrogens with one attached hydrogen (secondary N) is 2. The molecule has 0 aliphatic carbocycles. The van der Waals surface area contributed by atoms with Crippen molar-refractivity contribution in [2.75, 3.05) is 26.7 Å². The largest absolute Gasteiger partial charge is 0.375 e. The van der Waals surface area contributed by atoms with Gasteiger partial charge in [0, 0.05) is 38.8 Å². The van der Waals surface area contributed by atoms with Crippen molar-refractivity contribution < 1.29 is 4.74 Å². The van der Waals surface area contributed by atoms with Gasteiger partial charge in [-0.05, 0) is 30.9 Å². The molecule has 5 nitrogen and oxygen atoms in total. The Morgan fingerprint density at radius 3 is 2.37 bits per heavy atom. The quantitative estimate of drug-likeness (QED) is 0.238. The van der Waals surface area contributed by atoms with Crippen LogP contribution in [0.1, 0.15) is 30.9 Å². The van der Waals surface area contributed by atoms with Crippen molar-refractivity contribution in [3.05, 3.63) is 71.8 Å². The van der Waals surface area contributed by atoms with Crippen LogP contribution in [-0.4, -0.2) is 49.7 Å². The van der Waals surface area contributed by atoms with Crippen molar-refractivity contribution in [2.24, 2.45) is 4.99 Å². The van der Waals surface area contributed by atoms with E-state index < -0.39 is 0 Å². The Labute approximate surface area is 198 Å². The van der Waals surface area contributed by atoms with E-state index in [1.54, 1.807) is 0 Å². The van der Waals surface area contributed by atoms with Crippen LogP contribution in [0.3, 0.4) is 0 Å². The number of guanidine groups is 1. The molecule has 2 atom stereocenters. The van der Waals surface area contributed by atoms with E-state index in [9.17, 15) is 0 Å². The molecule has 164 valence electrons. The average molecular weight is 522 g/mol. The first kappa shape index (κ1) is 24.6. The summed E-state index contributed by atoms with van der Waals surface area (Å²) in [4.78, 5) is 6.95. The van der Waals surface area contributed by atoms with Gasteiger partial charge in [0.2, 0.25) is 0 Å². The lowest BCUT2D eigenvalue weighted by Crippen LogP contribution is -2.51. The number of likely N-dealkylation sites (tertiary alicyclic amines) is 1. The summed E-state index contributed by atoms with van der Waals surface area (Å²) < 4.78 is 5.74. The van der Waals surface area contributed by atoms with Crippen molar-refractivity contribution in [2.45, 2.75) is 45.0 Å². The van der Waals surface area contributed by atoms with Crippen molar-refractivity contribution in [1.29, 1.82) is 0 Å². The van der Waals surface area contributed by atoms with Gasteiger partial charge in [0.1, 0.15) is 0 Å². The van der Waals surface area contributed by atoms with E-state index in [4.69, 9.17) is 4.74 Å². The van der Waals surface area contributed by atoms with Gasteiger partial charge in [-0.1, -0.05) is 60.7 Å². The first-order valence-electron chi connectivity index (χ1n) is 10.6. The van der Waals surface area contributed by atoms with Crippen LogP contribution in [0.5, 0.6) is 0 Å². The highest BCUT2D eigenvalue weighted by Gasteiger charge is 2.25. The molecule has 0 bridgehead atoms. The van der Waals surface area contributed by atoms with Crippen LogP contribution in [0.4, 0.5) is 0 Å². The lowest BCUT2D eigenvalue weighted by molar-refractivity contribution is 0.124. The Balaban J connectivity index is 0.00000320. The van der Waals surface area contributed by atoms with Crippen LogP contribution in [0.15, 0.2) is 65.7 Å². The summed E-state index contributed by atoms with van der Waals surface area (Å²) in [5.74, 6) is 0.863. The molecule has 2 N–H and O–H groups in total. The number of benzene rings is 2. The van der Waals surface area contributed by atoms with E-state index in [0.717, 1.165) is 38.4 Å². The van der Waals surface area contributed by atoms with Crippen LogP contribution in [0.2, 0.25) is 0 Å². The smallest absolute Gasteiger partial charge is 0.191 e. The van der Waals surface area contributed by atoms with Gasteiger partial charge in [-0.25, -0.2) is 0 Å². The molecule has 1 aliphatic rings. The standard InChI is InChI=1S/C24H34N4O.HI/c1-20-17-23(13-15-28(20)18-21-9-5-3-6-10-21)27-24(25-2)26-14-16-29-19-22-11-7-4-8-12-22;/h3-12,20,23H,13-19H2,1-2H3,(H2,25,26,27);1H. The molecule has 2 aromatic carbocycles. The highest BCUT2D eigenvalue weighted by atomic mass is 127. The second-order valence-electron chi connectivity index (χ2n) is 7.71. The number of halogens is 1. The zero-order valence-electron chi connectivity index (χ0n) is 18.1. The van der Waals surface area contributed by atoms with Gasteiger partial charge in [0.15, 0.2) is 5.96 Å². The molecule has 6 heteroatoms. The normalized spacial score (nSPS) is 19.7. The van der Waals surface area contributed by atoms with Gasteiger partial charge in [0.05, 0.1) is 13.2 Å². The lowest BCUT2D eigenvalue weighted by Gasteiger charge is -2.38. The Kier molecular flexibility index (Phi) is 11.2. The minimum atomic E-state index is 0. The molecule has 0 spiro atoms. The van der Waals surface area contributed by atoms with E-state index in [1.807, 2.05) is 25.2 Å². The third kappa shape index (κ3) is 8.24. The van der Waals surface area contributed by atoms with Crippen molar-refractivity contribution in [1.82, 2.24) is 15.5 Å². The summed E-state index contributed by atoms with van der Waals surface area (Å²) in [6.45, 7) is 6.50. The SMILES string of the molecule is CN=C(NCCOCc1ccccc1)NC1CCN(Cc2ccccc2)C(C)C1.I. The molecule has 1 heterocycles. The number of aliphatic imine (C=N–C) groups is 1. The summed E-state index contributed by atoms with van der Waals surface area (Å²) in [5, 5.41) is 6.95. The molecule has 2 unspecified atom stereocenters. The van der Waals surface area contributed by atoms with Crippen molar-refractivity contribution >= 4 is 29.9 Å². The van der Waals surface area contributed by atoms with E-state index in [0.29, 0.717) is 25.3 Å². The van der Waals surface area contributed by atoms with Crippen LogP contribution in [0, 0.1) is 0 Å². The van der Waals surface area contributed by atoms with E-state index in [2.05, 4.69) is 69.9 Å². The van der Waals surface area contributed by atoms with Gasteiger partial charge >= 0.3 is 0 Å². The third-order valence-electron chi connectivity index (χ3n) is 5.46. The van der Waals surface area contributed by atoms with Crippen LogP contribution in [-0.2, 0) is 17.9 Å². The Hall–Kier alpha value is -1.64. The van der Waals surface area contributed by atoms with Gasteiger partial charge in [-0.2, -0.15) is 0 Å². The van der Waals surface area contributed by atoms with Crippen molar-refractivity contribution in [3.63, 3.8) is 0 Å². The zero-order chi connectivity index (χ0) is 20.3. The molecule has 3 rings (SSSR count). The van der Waals surface area contributed by atoms with Gasteiger partial charge < -0.3 is 15.4 Å². The topological polar surface area (TPSA) is 48.9 Å². The molecular weight excluding hydrogens is 487 g/mol. The third-order valence-corrected chi connectivity index (χ3v) is 5.46. The number of nitrogens with zero attached hydrogens (tertiary/aromatic N) is 2. The minimum absolute atomic E-state index is 0. The molecule has 0 saturated carbocycles. The van der Waals surface area contributed by atoms with Crippen LogP contribution >= 0.6 is 24.0 Å². The summed E-state index contributed by atoms with van der Waals surface area (Å²) in [6.07, 6.45) is 2.25. The molecule has 1 saturated heterocycles. The molecule has 0 amide bonds. The molecule has 2 aromatic rings. The molecule has 0 radical (unpaired) electrons. The summed E-state index contributed by atoms with van der Waals surface area (Å²) >= 11 is 0. The fourth-order valence-electron chi connectivity index (χ4n) is 3.80. The van der Waals surface area contributed by atoms with E-state index in [-0.39, 0.29) is 24.0 Å². The average Bonchev–Trinajstić information content (AvgIpc) is 2.76. The highest BCUT2D eigenvalue weighted by molar-refractivity contribution is 14.0. The van der Waals surface area contributed by atoms with Gasteiger partial charge in [-0.3, -0.25) is 9.89 Å². The monoisotopic (exact) mass is 522 g/mol. The minimum Gasteiger partial charge on any atom is -0.375 e. The van der Waals surface area contributed by atoms with E-state index >= 15 is 0 Å². The maximum atomic E-state index is 5.74. The summed E-state index contributed by atoms with van der Waals surface area (Å²) in [5.41, 5.74) is 2.59. The molecule has 1 aliphatic heterocycles. The fraction of sp³-hybridized carbons (Fsp3) is 0.458. The lowest BCUT2D eigenvalue weighted by atomic mass is 9.97. The molecule has 30 heavy (non-hydrogen) atoms. The maximum Gasteiger partial charge on any atom is 0.191 e. The van der Waals surface area contributed by atoms with Crippen molar-refractivity contribution in [3.8, 4) is 0 Å². The molecule has 0 aromatic heterocycles. The second-order valence-corrected chi connectivity index (χ2v) is 7.71. The number of piperidine rings is 1. The predicted molar refractivity (Wildman–Crippen MR) is 135 cm³/mol. The van der Waals surface area contributed by atoms with Gasteiger partial charge in [0.25, 0.3) is 0 Å². The highest BCUT2D eigenvalue weighted by Crippen LogP contribution is 2.19. The number of hydrogen-bond acceptors (Lipinski definition) is 3. The van der Waals surface area contributed by atoms with E-state index in [1.165, 1.54) is 11.1 Å². The summed E-state index contributed by atoms with van der Waals surface area (Å²) in [7, 11) is 1.83. The first-order chi connectivity index (χ1) is 14.2.